The molecule has 2 aliphatic rings. The van der Waals surface area contributed by atoms with Gasteiger partial charge in [0.25, 0.3) is 0 Å². The molecule has 1 unspecified atom stereocenters. The minimum atomic E-state index is -2.75. The topological polar surface area (TPSA) is 132 Å². The molecule has 0 spiro atoms. The molecule has 2 aliphatic heterocycles. The molecule has 0 saturated heterocycles. The third kappa shape index (κ3) is 8.08. The Kier molecular flexibility index (Phi) is 13.1. The molecule has 0 amide bonds. The van der Waals surface area contributed by atoms with Gasteiger partial charge in [0.2, 0.25) is 17.5 Å². The van der Waals surface area contributed by atoms with Gasteiger partial charge in [-0.15, -0.1) is 11.8 Å². The van der Waals surface area contributed by atoms with Crippen molar-refractivity contribution in [2.75, 3.05) is 0 Å². The van der Waals surface area contributed by atoms with Crippen molar-refractivity contribution in [3.05, 3.63) is 158 Å². The second kappa shape index (κ2) is 19.0. The maximum atomic E-state index is 16.7. The molecule has 4 aromatic carbocycles. The molecule has 5 heterocycles. The summed E-state index contributed by atoms with van der Waals surface area (Å²) >= 11 is -0.529. The minimum Gasteiger partial charge on any atom is -0.481 e. The van der Waals surface area contributed by atoms with Crippen molar-refractivity contribution in [2.45, 2.75) is 16.6 Å². The fraction of sp³-hybridized carbons (Fsp3) is 0.0417. The maximum Gasteiger partial charge on any atom is 0.317 e. The number of hydrogen-bond acceptors (Lipinski definition) is 5. The number of carboxylic acids is 2. The number of benzene rings is 4. The number of nitrogens with zero attached hydrogens (tertiary/aromatic N) is 2. The summed E-state index contributed by atoms with van der Waals surface area (Å²) in [4.78, 5) is 33.7. The van der Waals surface area contributed by atoms with E-state index in [1.165, 1.54) is 0 Å². The van der Waals surface area contributed by atoms with Crippen LogP contribution in [-0.2, 0) is 9.59 Å². The highest BCUT2D eigenvalue weighted by Crippen LogP contribution is 2.46. The molecule has 3 aromatic heterocycles. The van der Waals surface area contributed by atoms with E-state index in [4.69, 9.17) is 5.11 Å². The van der Waals surface area contributed by atoms with Gasteiger partial charge in [0.05, 0.1) is 56.3 Å². The van der Waals surface area contributed by atoms with E-state index < -0.39 is 240 Å². The van der Waals surface area contributed by atoms with Crippen molar-refractivity contribution >= 4 is 70.1 Å². The molecule has 0 saturated carbocycles. The molecule has 7 aromatic rings. The third-order valence-electron chi connectivity index (χ3n) is 11.5. The van der Waals surface area contributed by atoms with E-state index in [0.29, 0.717) is 48.6 Å². The first-order valence-electron chi connectivity index (χ1n) is 20.5. The lowest BCUT2D eigenvalue weighted by Gasteiger charge is -2.15. The standard InChI is InChI=1S/C48H15F19N4O4S/c49-28-24(29(50)37(58)42(63)36(28)57)20-10-1-3-12(68-10)21(25-30(51)38(59)43(64)39(60)31(25)52)14-5-7-16(70-14)23(27-34(55)45(66)47(46(67)35(27)56)76-18(48(74)75)9-19(72)73)17-8-6-15(71-17)22(13-4-2-11(20)69-13)26-32(53)40(61)44(65)41(62)33(26)54/h1-8,18,68,71H,9H2,(H,72,73)(H,74,75). The van der Waals surface area contributed by atoms with Crippen LogP contribution in [0.25, 0.3) is 90.9 Å². The zero-order valence-electron chi connectivity index (χ0n) is 36.1. The van der Waals surface area contributed by atoms with Gasteiger partial charge in [0.1, 0.15) is 5.25 Å². The van der Waals surface area contributed by atoms with Crippen molar-refractivity contribution in [3.63, 3.8) is 0 Å². The van der Waals surface area contributed by atoms with E-state index in [1.807, 2.05) is 0 Å². The van der Waals surface area contributed by atoms with Gasteiger partial charge >= 0.3 is 11.9 Å². The first-order valence-corrected chi connectivity index (χ1v) is 21.4. The van der Waals surface area contributed by atoms with E-state index in [0.717, 1.165) is 0 Å². The molecule has 1 atom stereocenters. The first kappa shape index (κ1) is 52.3. The van der Waals surface area contributed by atoms with Crippen LogP contribution in [0.2, 0.25) is 0 Å². The number of halogens is 19. The predicted octanol–water partition coefficient (Wildman–Crippen LogP) is 14.0. The van der Waals surface area contributed by atoms with Gasteiger partial charge in [-0.3, -0.25) is 9.59 Å². The Hall–Kier alpha value is -8.56. The lowest BCUT2D eigenvalue weighted by atomic mass is 10.0. The average molecular weight is 1100 g/mol. The fourth-order valence-corrected chi connectivity index (χ4v) is 9.14. The van der Waals surface area contributed by atoms with Crippen molar-refractivity contribution in [2.24, 2.45) is 0 Å². The van der Waals surface area contributed by atoms with Gasteiger partial charge in [0, 0.05) is 44.3 Å². The van der Waals surface area contributed by atoms with Crippen LogP contribution in [0.1, 0.15) is 29.2 Å². The third-order valence-corrected chi connectivity index (χ3v) is 12.7. The van der Waals surface area contributed by atoms with Gasteiger partial charge < -0.3 is 20.2 Å². The number of aromatic amines is 2. The molecular formula is C48H15F19N4O4S. The highest BCUT2D eigenvalue weighted by molar-refractivity contribution is 8.00. The Morgan fingerprint density at radius 1 is 0.368 bits per heavy atom. The normalized spacial score (nSPS) is 12.6. The number of H-pyrrole nitrogens is 2. The van der Waals surface area contributed by atoms with Gasteiger partial charge in [0.15, 0.2) is 93.1 Å². The Morgan fingerprint density at radius 3 is 0.816 bits per heavy atom. The van der Waals surface area contributed by atoms with Crippen LogP contribution in [0.15, 0.2) is 29.2 Å². The molecule has 76 heavy (non-hydrogen) atoms. The van der Waals surface area contributed by atoms with E-state index >= 15 is 70.2 Å². The number of fused-ring (bicyclic) bond motifs is 8. The van der Waals surface area contributed by atoms with Crippen molar-refractivity contribution < 1.29 is 103 Å². The van der Waals surface area contributed by atoms with Gasteiger partial charge in [-0.05, 0) is 48.6 Å². The van der Waals surface area contributed by atoms with Gasteiger partial charge in [-0.25, -0.2) is 93.4 Å². The molecule has 8 bridgehead atoms. The molecule has 0 aliphatic carbocycles. The zero-order chi connectivity index (χ0) is 55.4. The summed E-state index contributed by atoms with van der Waals surface area (Å²) in [5.74, 6) is -53.7. The smallest absolute Gasteiger partial charge is 0.317 e. The molecule has 4 N–H and O–H groups in total. The number of hydrogen-bond donors (Lipinski definition) is 4. The lowest BCUT2D eigenvalue weighted by molar-refractivity contribution is -0.142. The molecular weight excluding hydrogens is 1090 g/mol. The summed E-state index contributed by atoms with van der Waals surface area (Å²) < 4.78 is 295. The summed E-state index contributed by atoms with van der Waals surface area (Å²) in [5.41, 5.74) is -21.0. The fourth-order valence-electron chi connectivity index (χ4n) is 8.15. The number of aromatic nitrogens is 4. The van der Waals surface area contributed by atoms with Crippen LogP contribution in [0.3, 0.4) is 0 Å². The second-order valence-electron chi connectivity index (χ2n) is 15.8. The summed E-state index contributed by atoms with van der Waals surface area (Å²) in [6, 6.07) is 2.42. The molecule has 0 fully saturated rings. The Balaban J connectivity index is 1.54. The van der Waals surface area contributed by atoms with Crippen molar-refractivity contribution in [3.8, 4) is 44.5 Å². The Labute approximate surface area is 411 Å². The zero-order valence-corrected chi connectivity index (χ0v) is 36.9. The van der Waals surface area contributed by atoms with E-state index in [2.05, 4.69) is 19.9 Å². The number of carbonyl (C=O) groups is 2. The average Bonchev–Trinajstić information content (AvgIpc) is 4.25. The molecule has 28 heteroatoms. The number of carboxylic acid groups (broad SMARTS) is 2. The van der Waals surface area contributed by atoms with Gasteiger partial charge in [-0.2, -0.15) is 0 Å². The molecule has 0 radical (unpaired) electrons. The van der Waals surface area contributed by atoms with E-state index in [-0.39, 0.29) is 0 Å². The van der Waals surface area contributed by atoms with Gasteiger partial charge in [-0.1, -0.05) is 0 Å². The predicted molar refractivity (Wildman–Crippen MR) is 229 cm³/mol. The van der Waals surface area contributed by atoms with Crippen molar-refractivity contribution in [1.29, 1.82) is 0 Å². The van der Waals surface area contributed by atoms with Crippen LogP contribution < -0.4 is 0 Å². The summed E-state index contributed by atoms with van der Waals surface area (Å²) in [5, 5.41) is 16.3. The van der Waals surface area contributed by atoms with Crippen LogP contribution in [0.4, 0.5) is 83.4 Å². The summed E-state index contributed by atoms with van der Waals surface area (Å²) in [6.07, 6.45) is 0.918. The van der Waals surface area contributed by atoms with Crippen molar-refractivity contribution in [1.82, 2.24) is 19.9 Å². The monoisotopic (exact) mass is 1100 g/mol. The minimum absolute atomic E-state index is 0.529. The Morgan fingerprint density at radius 2 is 0.592 bits per heavy atom. The van der Waals surface area contributed by atoms with E-state index in [1.54, 1.807) is 0 Å². The largest absolute Gasteiger partial charge is 0.481 e. The molecule has 8 nitrogen and oxygen atoms in total. The second-order valence-corrected chi connectivity index (χ2v) is 17.1. The first-order chi connectivity index (χ1) is 35.8. The summed E-state index contributed by atoms with van der Waals surface area (Å²) in [6.45, 7) is 0. The highest BCUT2D eigenvalue weighted by Gasteiger charge is 2.36. The summed E-state index contributed by atoms with van der Waals surface area (Å²) in [7, 11) is 0. The van der Waals surface area contributed by atoms with Crippen LogP contribution in [0.5, 0.6) is 0 Å². The van der Waals surface area contributed by atoms with Crippen LogP contribution in [0, 0.1) is 111 Å². The maximum absolute atomic E-state index is 16.7. The molecule has 390 valence electrons. The number of nitrogens with one attached hydrogen (secondary N) is 2. The number of aliphatic carboxylic acids is 2. The SMILES string of the molecule is O=C(O)CC(Sc1c(F)c(F)c(-c2c3nc(c(-c4c(F)c(F)c(F)c(F)c4F)c4ccc([nH]4)c(-c4c(F)c(F)c(F)c(F)c4F)c4nc(c(-c5c(F)c(F)c(F)c(F)c5F)c5ccc2[nH]5)C=C4)C=C3)c(F)c1F)C(=O)O. The van der Waals surface area contributed by atoms with Crippen LogP contribution in [-0.4, -0.2) is 47.3 Å². The van der Waals surface area contributed by atoms with E-state index in [9.17, 15) is 27.9 Å². The Bertz CT molecular complexity index is 3860. The lowest BCUT2D eigenvalue weighted by Crippen LogP contribution is -2.21. The number of thioether (sulfide) groups is 1. The number of rotatable bonds is 9. The van der Waals surface area contributed by atoms with Crippen LogP contribution >= 0.6 is 11.8 Å². The quantitative estimate of drug-likeness (QED) is 0.0490. The highest BCUT2D eigenvalue weighted by atomic mass is 32.2. The molecule has 9 rings (SSSR count).